The third-order valence-corrected chi connectivity index (χ3v) is 2.32. The van der Waals surface area contributed by atoms with Crippen molar-refractivity contribution in [2.24, 2.45) is 0 Å². The highest BCUT2D eigenvalue weighted by Gasteiger charge is 2.63. The van der Waals surface area contributed by atoms with E-state index < -0.39 is 23.4 Å². The van der Waals surface area contributed by atoms with Gasteiger partial charge >= 0.3 is 12.1 Å². The molecule has 0 saturated carbocycles. The Bertz CT molecular complexity index is 470. The number of benzene rings is 1. The number of ether oxygens (including phenoxy) is 2. The van der Waals surface area contributed by atoms with Crippen LogP contribution >= 0.6 is 0 Å². The molecule has 8 heteroatoms. The fourth-order valence-corrected chi connectivity index (χ4v) is 1.31. The van der Waals surface area contributed by atoms with Crippen LogP contribution in [0.4, 0.5) is 22.0 Å². The summed E-state index contributed by atoms with van der Waals surface area (Å²) in [6.45, 7) is 0.0105. The minimum Gasteiger partial charge on any atom is -0.490 e. The van der Waals surface area contributed by atoms with E-state index in [1.54, 1.807) is 0 Å². The van der Waals surface area contributed by atoms with Gasteiger partial charge in [-0.1, -0.05) is 12.1 Å². The topological polar surface area (TPSA) is 35.5 Å². The molecule has 0 aliphatic carbocycles. The maximum Gasteiger partial charge on any atom is 0.461 e. The van der Waals surface area contributed by atoms with Crippen LogP contribution in [0.15, 0.2) is 24.3 Å². The normalized spacial score (nSPS) is 12.3. The van der Waals surface area contributed by atoms with E-state index in [0.717, 1.165) is 12.1 Å². The summed E-state index contributed by atoms with van der Waals surface area (Å²) in [4.78, 5) is 11.4. The van der Waals surface area contributed by atoms with Crippen molar-refractivity contribution in [2.45, 2.75) is 12.1 Å². The lowest BCUT2D eigenvalue weighted by molar-refractivity contribution is -0.255. The molecule has 0 aliphatic rings. The Balaban J connectivity index is 3.04. The van der Waals surface area contributed by atoms with Crippen LogP contribution in [-0.4, -0.2) is 38.2 Å². The average Bonchev–Trinajstić information content (AvgIpc) is 2.37. The van der Waals surface area contributed by atoms with E-state index in [1.165, 1.54) is 19.2 Å². The number of Topliss-reactive ketones (excluding diaryl/α,β-unsaturated/α-hetero) is 1. The van der Waals surface area contributed by atoms with Crippen molar-refractivity contribution < 1.29 is 36.2 Å². The molecule has 0 aromatic heterocycles. The zero-order valence-electron chi connectivity index (χ0n) is 10.3. The summed E-state index contributed by atoms with van der Waals surface area (Å²) >= 11 is 0. The molecule has 3 nitrogen and oxygen atoms in total. The molecule has 1 aromatic rings. The van der Waals surface area contributed by atoms with Gasteiger partial charge in [0, 0.05) is 7.11 Å². The SMILES string of the molecule is COCCOc1ccccc1C(=O)C(F)(F)C(F)(F)F. The lowest BCUT2D eigenvalue weighted by atomic mass is 10.0. The maximum absolute atomic E-state index is 13.0. The largest absolute Gasteiger partial charge is 0.490 e. The van der Waals surface area contributed by atoms with Crippen molar-refractivity contribution in [3.63, 3.8) is 0 Å². The number of alkyl halides is 5. The zero-order valence-corrected chi connectivity index (χ0v) is 10.3. The first-order valence-electron chi connectivity index (χ1n) is 5.42. The first-order chi connectivity index (χ1) is 9.21. The van der Waals surface area contributed by atoms with Gasteiger partial charge in [-0.3, -0.25) is 4.79 Å². The van der Waals surface area contributed by atoms with Crippen molar-refractivity contribution in [1.29, 1.82) is 0 Å². The van der Waals surface area contributed by atoms with Gasteiger partial charge in [-0.05, 0) is 12.1 Å². The molecular weight excluding hydrogens is 287 g/mol. The van der Waals surface area contributed by atoms with Crippen molar-refractivity contribution in [3.05, 3.63) is 29.8 Å². The molecule has 0 saturated heterocycles. The van der Waals surface area contributed by atoms with Crippen molar-refractivity contribution >= 4 is 5.78 Å². The van der Waals surface area contributed by atoms with E-state index in [-0.39, 0.29) is 19.0 Å². The number of hydrogen-bond donors (Lipinski definition) is 0. The average molecular weight is 298 g/mol. The van der Waals surface area contributed by atoms with E-state index >= 15 is 0 Å². The highest BCUT2D eigenvalue weighted by Crippen LogP contribution is 2.39. The monoisotopic (exact) mass is 298 g/mol. The van der Waals surface area contributed by atoms with Gasteiger partial charge in [0.1, 0.15) is 12.4 Å². The molecule has 1 rings (SSSR count). The molecule has 0 aliphatic heterocycles. The van der Waals surface area contributed by atoms with Gasteiger partial charge in [-0.15, -0.1) is 0 Å². The molecule has 1 aromatic carbocycles. The number of halogens is 5. The number of hydrogen-bond acceptors (Lipinski definition) is 3. The summed E-state index contributed by atoms with van der Waals surface area (Å²) in [7, 11) is 1.36. The standard InChI is InChI=1S/C12H11F5O3/c1-19-6-7-20-9-5-3-2-4-8(9)10(18)11(13,14)12(15,16)17/h2-5H,6-7H2,1H3. The van der Waals surface area contributed by atoms with Crippen molar-refractivity contribution in [3.8, 4) is 5.75 Å². The Hall–Kier alpha value is -1.70. The summed E-state index contributed by atoms with van der Waals surface area (Å²) in [6.07, 6.45) is -5.95. The van der Waals surface area contributed by atoms with Gasteiger partial charge in [-0.25, -0.2) is 0 Å². The van der Waals surface area contributed by atoms with E-state index in [9.17, 15) is 26.7 Å². The van der Waals surface area contributed by atoms with E-state index in [4.69, 9.17) is 4.74 Å². The number of rotatable bonds is 6. The lowest BCUT2D eigenvalue weighted by Crippen LogP contribution is -2.44. The number of carbonyl (C=O) groups excluding carboxylic acids is 1. The van der Waals surface area contributed by atoms with Gasteiger partial charge in [0.25, 0.3) is 0 Å². The van der Waals surface area contributed by atoms with Crippen LogP contribution in [-0.2, 0) is 4.74 Å². The van der Waals surface area contributed by atoms with Crippen LogP contribution < -0.4 is 4.74 Å². The third kappa shape index (κ3) is 3.44. The molecule has 0 radical (unpaired) electrons. The molecule has 0 fully saturated rings. The molecule has 112 valence electrons. The maximum atomic E-state index is 13.0. The fraction of sp³-hybridized carbons (Fsp3) is 0.417. The zero-order chi connectivity index (χ0) is 15.4. The molecule has 0 spiro atoms. The van der Waals surface area contributed by atoms with Crippen LogP contribution in [0.1, 0.15) is 10.4 Å². The minimum atomic E-state index is -5.95. The Morgan fingerprint density at radius 1 is 1.10 bits per heavy atom. The van der Waals surface area contributed by atoms with Crippen LogP contribution in [0.2, 0.25) is 0 Å². The second-order valence-electron chi connectivity index (χ2n) is 3.74. The summed E-state index contributed by atoms with van der Waals surface area (Å²) in [5.41, 5.74) is -0.828. The molecule has 0 N–H and O–H groups in total. The summed E-state index contributed by atoms with van der Waals surface area (Å²) in [5, 5.41) is 0. The Morgan fingerprint density at radius 2 is 1.70 bits per heavy atom. The first kappa shape index (κ1) is 16.4. The Labute approximate surface area is 111 Å². The molecule has 0 unspecified atom stereocenters. The smallest absolute Gasteiger partial charge is 0.461 e. The van der Waals surface area contributed by atoms with Gasteiger partial charge in [0.2, 0.25) is 5.78 Å². The Kier molecular flexibility index (Phi) is 5.04. The summed E-state index contributed by atoms with van der Waals surface area (Å²) in [5.74, 6) is -8.16. The number of para-hydroxylation sites is 1. The van der Waals surface area contributed by atoms with Gasteiger partial charge in [-0.2, -0.15) is 22.0 Å². The quantitative estimate of drug-likeness (QED) is 0.460. The van der Waals surface area contributed by atoms with Crippen LogP contribution in [0.3, 0.4) is 0 Å². The van der Waals surface area contributed by atoms with E-state index in [1.807, 2.05) is 0 Å². The third-order valence-electron chi connectivity index (χ3n) is 2.32. The second-order valence-corrected chi connectivity index (χ2v) is 3.74. The predicted molar refractivity (Wildman–Crippen MR) is 59.1 cm³/mol. The molecule has 20 heavy (non-hydrogen) atoms. The van der Waals surface area contributed by atoms with Gasteiger partial charge in [0.05, 0.1) is 12.2 Å². The fourth-order valence-electron chi connectivity index (χ4n) is 1.31. The van der Waals surface area contributed by atoms with Gasteiger partial charge < -0.3 is 9.47 Å². The van der Waals surface area contributed by atoms with Crippen molar-refractivity contribution in [1.82, 2.24) is 0 Å². The summed E-state index contributed by atoms with van der Waals surface area (Å²) in [6, 6.07) is 4.51. The predicted octanol–water partition coefficient (Wildman–Crippen LogP) is 3.09. The molecule has 0 amide bonds. The minimum absolute atomic E-state index is 0.0849. The van der Waals surface area contributed by atoms with Crippen LogP contribution in [0, 0.1) is 0 Å². The molecule has 0 atom stereocenters. The molecule has 0 heterocycles. The van der Waals surface area contributed by atoms with Crippen LogP contribution in [0.5, 0.6) is 5.75 Å². The van der Waals surface area contributed by atoms with Crippen molar-refractivity contribution in [2.75, 3.05) is 20.3 Å². The Morgan fingerprint density at radius 3 is 2.25 bits per heavy atom. The number of ketones is 1. The van der Waals surface area contributed by atoms with Gasteiger partial charge in [0.15, 0.2) is 0 Å². The van der Waals surface area contributed by atoms with Crippen LogP contribution in [0.25, 0.3) is 0 Å². The second kappa shape index (κ2) is 6.17. The van der Waals surface area contributed by atoms with E-state index in [0.29, 0.717) is 0 Å². The first-order valence-corrected chi connectivity index (χ1v) is 5.42. The number of methoxy groups -OCH3 is 1. The number of carbonyl (C=O) groups is 1. The molecular formula is C12H11F5O3. The lowest BCUT2D eigenvalue weighted by Gasteiger charge is -2.19. The highest BCUT2D eigenvalue weighted by atomic mass is 19.4. The molecule has 0 bridgehead atoms. The van der Waals surface area contributed by atoms with E-state index in [2.05, 4.69) is 4.74 Å². The summed E-state index contributed by atoms with van der Waals surface area (Å²) < 4.78 is 72.2. The highest BCUT2D eigenvalue weighted by molar-refractivity contribution is 6.04.